The van der Waals surface area contributed by atoms with Gasteiger partial charge < -0.3 is 28.6 Å². The zero-order valence-corrected chi connectivity index (χ0v) is 23.1. The van der Waals surface area contributed by atoms with Gasteiger partial charge in [0.25, 0.3) is 0 Å². The number of hydrogen-bond donors (Lipinski definition) is 1. The predicted molar refractivity (Wildman–Crippen MR) is 149 cm³/mol. The molecule has 1 unspecified atom stereocenters. The first-order valence-electron chi connectivity index (χ1n) is 11.9. The Balaban J connectivity index is 1.40. The maximum absolute atomic E-state index is 13.6. The maximum atomic E-state index is 13.6. The fourth-order valence-corrected chi connectivity index (χ4v) is 5.83. The molecule has 0 fully saturated rings. The van der Waals surface area contributed by atoms with Gasteiger partial charge >= 0.3 is 11.1 Å². The molecule has 11 nitrogen and oxygen atoms in total. The van der Waals surface area contributed by atoms with Gasteiger partial charge in [0.1, 0.15) is 11.5 Å². The van der Waals surface area contributed by atoms with Crippen molar-refractivity contribution in [2.45, 2.75) is 17.8 Å². The second kappa shape index (κ2) is 12.3. The molecule has 0 aliphatic heterocycles. The van der Waals surface area contributed by atoms with Gasteiger partial charge in [-0.15, -0.1) is 0 Å². The van der Waals surface area contributed by atoms with E-state index in [0.717, 1.165) is 23.5 Å². The summed E-state index contributed by atoms with van der Waals surface area (Å²) in [6, 6.07) is 17.6. The number of imidazole rings is 1. The van der Waals surface area contributed by atoms with Gasteiger partial charge in [0.2, 0.25) is 0 Å². The lowest BCUT2D eigenvalue weighted by Crippen LogP contribution is -2.13. The molecule has 0 aliphatic carbocycles. The molecule has 0 saturated carbocycles. The number of pyridine rings is 1. The van der Waals surface area contributed by atoms with Crippen molar-refractivity contribution in [2.75, 3.05) is 13.7 Å². The summed E-state index contributed by atoms with van der Waals surface area (Å²) in [5, 5.41) is 9.02. The number of methoxy groups -OCH3 is 1. The van der Waals surface area contributed by atoms with Crippen LogP contribution in [0.25, 0.3) is 16.7 Å². The summed E-state index contributed by atoms with van der Waals surface area (Å²) >= 11 is -0.765. The monoisotopic (exact) mass is 580 g/mol. The third-order valence-electron chi connectivity index (χ3n) is 5.84. The van der Waals surface area contributed by atoms with Crippen LogP contribution in [0.2, 0.25) is 0 Å². The number of hydrogen-bond acceptors (Lipinski definition) is 9. The van der Waals surface area contributed by atoms with Crippen LogP contribution in [-0.4, -0.2) is 47.9 Å². The van der Waals surface area contributed by atoms with E-state index in [9.17, 15) is 9.35 Å². The van der Waals surface area contributed by atoms with Crippen molar-refractivity contribution in [3.05, 3.63) is 90.5 Å². The predicted octanol–water partition coefficient (Wildman–Crippen LogP) is 4.73. The minimum absolute atomic E-state index is 0.121. The molecule has 5 aromatic rings. The Hall–Kier alpha value is -4.17. The molecule has 2 aromatic carbocycles. The molecule has 1 N–H and O–H groups in total. The van der Waals surface area contributed by atoms with Crippen molar-refractivity contribution in [1.82, 2.24) is 18.5 Å². The summed E-state index contributed by atoms with van der Waals surface area (Å²) in [7, 11) is 1.58. The maximum Gasteiger partial charge on any atom is 0.341 e. The number of rotatable bonds is 12. The van der Waals surface area contributed by atoms with Crippen LogP contribution in [0, 0.1) is 6.92 Å². The lowest BCUT2D eigenvalue weighted by atomic mass is 10.2. The highest BCUT2D eigenvalue weighted by molar-refractivity contribution is 7.95. The van der Waals surface area contributed by atoms with Crippen LogP contribution in [0.5, 0.6) is 17.2 Å². The molecular formula is C27H24N4O7S2. The molecular weight excluding hydrogens is 556 g/mol. The van der Waals surface area contributed by atoms with E-state index < -0.39 is 23.8 Å². The van der Waals surface area contributed by atoms with Gasteiger partial charge in [-0.3, -0.25) is 4.98 Å². The van der Waals surface area contributed by atoms with Crippen molar-refractivity contribution < 1.29 is 33.1 Å². The van der Waals surface area contributed by atoms with Gasteiger partial charge in [-0.1, -0.05) is 4.33 Å². The number of benzene rings is 2. The molecule has 206 valence electrons. The molecule has 0 aliphatic rings. The van der Waals surface area contributed by atoms with Crippen LogP contribution in [0.3, 0.4) is 0 Å². The first-order valence-corrected chi connectivity index (χ1v) is 13.9. The van der Waals surface area contributed by atoms with Crippen LogP contribution in [0.15, 0.2) is 84.4 Å². The largest absolute Gasteiger partial charge is 0.609 e. The number of fused-ring (bicyclic) bond motifs is 1. The molecule has 1 atom stereocenters. The molecule has 0 bridgehead atoms. The van der Waals surface area contributed by atoms with E-state index in [2.05, 4.69) is 9.97 Å². The highest BCUT2D eigenvalue weighted by Crippen LogP contribution is 2.31. The van der Waals surface area contributed by atoms with Crippen LogP contribution in [0.4, 0.5) is 0 Å². The number of ether oxygens (including phenoxy) is 2. The molecule has 3 aromatic heterocycles. The van der Waals surface area contributed by atoms with E-state index in [-0.39, 0.29) is 10.9 Å². The van der Waals surface area contributed by atoms with Crippen LogP contribution in [-0.2, 0) is 26.1 Å². The lowest BCUT2D eigenvalue weighted by Gasteiger charge is -2.13. The Kier molecular flexibility index (Phi) is 8.45. The normalized spacial score (nSPS) is 11.9. The van der Waals surface area contributed by atoms with Crippen LogP contribution >= 0.6 is 12.2 Å². The van der Waals surface area contributed by atoms with Crippen molar-refractivity contribution in [3.63, 3.8) is 0 Å². The summed E-state index contributed by atoms with van der Waals surface area (Å²) in [5.41, 5.74) is 3.64. The highest BCUT2D eigenvalue weighted by atomic mass is 32.2. The SMILES string of the molecule is COc1ccnc(C[S+]([O-])c2nc3ccc(-n4cccc4)cc3n2SOOc2ccc(OCC(=O)O)cc2)c1C. The second-order valence-corrected chi connectivity index (χ2v) is 10.4. The number of carboxylic acids is 1. The smallest absolute Gasteiger partial charge is 0.341 e. The first-order chi connectivity index (χ1) is 19.4. The second-order valence-electron chi connectivity index (χ2n) is 8.41. The Labute approximate surface area is 236 Å². The summed E-state index contributed by atoms with van der Waals surface area (Å²) in [5.74, 6) is 0.442. The van der Waals surface area contributed by atoms with Gasteiger partial charge in [-0.25, -0.2) is 4.79 Å². The Morgan fingerprint density at radius 1 is 1.10 bits per heavy atom. The summed E-state index contributed by atoms with van der Waals surface area (Å²) in [4.78, 5) is 25.2. The van der Waals surface area contributed by atoms with Crippen molar-refractivity contribution in [2.24, 2.45) is 0 Å². The van der Waals surface area contributed by atoms with Gasteiger partial charge in [0.15, 0.2) is 30.3 Å². The third kappa shape index (κ3) is 6.18. The van der Waals surface area contributed by atoms with E-state index in [4.69, 9.17) is 23.8 Å². The average Bonchev–Trinajstić information content (AvgIpc) is 3.62. The minimum atomic E-state index is -1.59. The van der Waals surface area contributed by atoms with E-state index in [0.29, 0.717) is 34.0 Å². The topological polar surface area (TPSA) is 133 Å². The van der Waals surface area contributed by atoms with Crippen molar-refractivity contribution >= 4 is 40.4 Å². The molecule has 13 heteroatoms. The number of nitrogens with zero attached hydrogens (tertiary/aromatic N) is 4. The van der Waals surface area contributed by atoms with Gasteiger partial charge in [0.05, 0.1) is 23.8 Å². The van der Waals surface area contributed by atoms with Crippen molar-refractivity contribution in [3.8, 4) is 22.9 Å². The average molecular weight is 581 g/mol. The van der Waals surface area contributed by atoms with Gasteiger partial charge in [0, 0.05) is 41.0 Å². The lowest BCUT2D eigenvalue weighted by molar-refractivity contribution is -0.139. The van der Waals surface area contributed by atoms with E-state index in [1.54, 1.807) is 47.6 Å². The zero-order chi connectivity index (χ0) is 28.1. The molecule has 5 rings (SSSR count). The fourth-order valence-electron chi connectivity index (χ4n) is 3.84. The number of aromatic nitrogens is 4. The highest BCUT2D eigenvalue weighted by Gasteiger charge is 2.26. The third-order valence-corrected chi connectivity index (χ3v) is 7.82. The summed E-state index contributed by atoms with van der Waals surface area (Å²) < 4.78 is 33.2. The summed E-state index contributed by atoms with van der Waals surface area (Å²) in [6.45, 7) is 1.42. The fraction of sp³-hybridized carbons (Fsp3) is 0.148. The van der Waals surface area contributed by atoms with Gasteiger partial charge in [-0.05, 0) is 67.6 Å². The van der Waals surface area contributed by atoms with E-state index in [1.165, 1.54) is 0 Å². The number of carbonyl (C=O) groups is 1. The molecule has 0 saturated heterocycles. The Morgan fingerprint density at radius 3 is 2.58 bits per heavy atom. The molecule has 0 amide bonds. The first kappa shape index (κ1) is 27.4. The van der Waals surface area contributed by atoms with Crippen LogP contribution in [0.1, 0.15) is 11.3 Å². The quantitative estimate of drug-likeness (QED) is 0.0955. The zero-order valence-electron chi connectivity index (χ0n) is 21.4. The minimum Gasteiger partial charge on any atom is -0.609 e. The van der Waals surface area contributed by atoms with Crippen molar-refractivity contribution in [1.29, 1.82) is 0 Å². The standard InChI is InChI=1S/C27H24N4O7S2/c1-18-23(28-12-11-25(18)35-2)17-40(34)27-29-22-10-5-19(30-13-3-4-14-30)15-24(22)31(27)39-38-37-21-8-6-20(7-9-21)36-16-26(32)33/h3-15H,16-17H2,1-2H3,(H,32,33). The van der Waals surface area contributed by atoms with Crippen LogP contribution < -0.4 is 14.4 Å². The Morgan fingerprint density at radius 2 is 1.85 bits per heavy atom. The van der Waals surface area contributed by atoms with E-state index in [1.807, 2.05) is 54.2 Å². The molecule has 40 heavy (non-hydrogen) atoms. The Bertz CT molecular complexity index is 1610. The van der Waals surface area contributed by atoms with E-state index >= 15 is 0 Å². The summed E-state index contributed by atoms with van der Waals surface area (Å²) in [6.07, 6.45) is 5.47. The number of aliphatic carboxylic acids is 1. The molecule has 0 radical (unpaired) electrons. The molecule has 0 spiro atoms. The number of carboxylic acid groups (broad SMARTS) is 1. The van der Waals surface area contributed by atoms with Gasteiger partial charge in [-0.2, -0.15) is 8.96 Å². The molecule has 3 heterocycles.